The maximum atomic E-state index is 5.74. The number of hydrogen-bond acceptors (Lipinski definition) is 4. The van der Waals surface area contributed by atoms with Crippen molar-refractivity contribution in [3.05, 3.63) is 0 Å². The topological polar surface area (TPSA) is 42.5 Å². The van der Waals surface area contributed by atoms with E-state index >= 15 is 0 Å². The highest BCUT2D eigenvalue weighted by Crippen LogP contribution is 2.11. The molecule has 4 atom stereocenters. The fourth-order valence-corrected chi connectivity index (χ4v) is 1.88. The van der Waals surface area contributed by atoms with Crippen LogP contribution in [-0.4, -0.2) is 50.6 Å². The molecule has 0 aromatic heterocycles. The smallest absolute Gasteiger partial charge is 0.0974 e. The van der Waals surface area contributed by atoms with Crippen LogP contribution in [0, 0.1) is 0 Å². The molecule has 0 aromatic rings. The predicted molar refractivity (Wildman–Crippen MR) is 54.4 cm³/mol. The Hall–Kier alpha value is -0.160. The van der Waals surface area contributed by atoms with Crippen LogP contribution in [0.5, 0.6) is 0 Å². The molecule has 2 saturated heterocycles. The molecular weight excluding hydrogens is 180 g/mol. The van der Waals surface area contributed by atoms with Gasteiger partial charge in [-0.05, 0) is 13.8 Å². The Kier molecular flexibility index (Phi) is 3.38. The van der Waals surface area contributed by atoms with Gasteiger partial charge in [0.1, 0.15) is 0 Å². The first-order valence-electron chi connectivity index (χ1n) is 5.45. The minimum Gasteiger partial charge on any atom is -0.373 e. The van der Waals surface area contributed by atoms with Crippen LogP contribution >= 0.6 is 0 Å². The van der Waals surface area contributed by atoms with Crippen LogP contribution in [0.15, 0.2) is 0 Å². The Balaban J connectivity index is 1.78. The normalized spacial score (nSPS) is 45.0. The summed E-state index contributed by atoms with van der Waals surface area (Å²) in [5.41, 5.74) is 0. The Morgan fingerprint density at radius 3 is 1.57 bits per heavy atom. The summed E-state index contributed by atoms with van der Waals surface area (Å²) in [4.78, 5) is 0. The van der Waals surface area contributed by atoms with E-state index in [1.807, 2.05) is 0 Å². The molecule has 0 unspecified atom stereocenters. The molecule has 0 radical (unpaired) electrons. The van der Waals surface area contributed by atoms with Crippen molar-refractivity contribution in [1.82, 2.24) is 10.6 Å². The van der Waals surface area contributed by atoms with E-state index in [0.717, 1.165) is 26.3 Å². The fraction of sp³-hybridized carbons (Fsp3) is 1.00. The van der Waals surface area contributed by atoms with Gasteiger partial charge < -0.3 is 20.1 Å². The molecule has 4 nitrogen and oxygen atoms in total. The van der Waals surface area contributed by atoms with E-state index in [-0.39, 0.29) is 12.2 Å². The third-order valence-electron chi connectivity index (χ3n) is 2.87. The minimum atomic E-state index is 0.214. The van der Waals surface area contributed by atoms with Crippen LogP contribution in [0.4, 0.5) is 0 Å². The number of rotatable bonds is 1. The zero-order chi connectivity index (χ0) is 9.97. The van der Waals surface area contributed by atoms with Gasteiger partial charge in [-0.25, -0.2) is 0 Å². The molecule has 0 aromatic carbocycles. The average Bonchev–Trinajstić information content (AvgIpc) is 2.21. The highest BCUT2D eigenvalue weighted by atomic mass is 16.5. The summed E-state index contributed by atoms with van der Waals surface area (Å²) < 4.78 is 11.5. The lowest BCUT2D eigenvalue weighted by molar-refractivity contribution is -0.108. The molecule has 0 aliphatic carbocycles. The number of nitrogens with one attached hydrogen (secondary N) is 2. The first kappa shape index (κ1) is 10.4. The first-order chi connectivity index (χ1) is 6.75. The summed E-state index contributed by atoms with van der Waals surface area (Å²) in [5.74, 6) is 0. The standard InChI is InChI=1S/C10H20N2O2/c1-7-5-13-9(3-11-7)10-4-12-8(2)6-14-10/h7-12H,3-6H2,1-2H3/t7-,8-,9-,10-/m1/s1. The molecule has 0 saturated carbocycles. The van der Waals surface area contributed by atoms with Crippen LogP contribution in [0.1, 0.15) is 13.8 Å². The molecule has 2 heterocycles. The Bertz CT molecular complexity index is 153. The summed E-state index contributed by atoms with van der Waals surface area (Å²) in [7, 11) is 0. The van der Waals surface area contributed by atoms with E-state index in [2.05, 4.69) is 24.5 Å². The summed E-state index contributed by atoms with van der Waals surface area (Å²) in [6.45, 7) is 7.67. The molecule has 4 heteroatoms. The molecule has 2 N–H and O–H groups in total. The van der Waals surface area contributed by atoms with Crippen LogP contribution < -0.4 is 10.6 Å². The van der Waals surface area contributed by atoms with Crippen LogP contribution in [0.2, 0.25) is 0 Å². The molecular formula is C10H20N2O2. The van der Waals surface area contributed by atoms with Crippen molar-refractivity contribution in [1.29, 1.82) is 0 Å². The van der Waals surface area contributed by atoms with E-state index < -0.39 is 0 Å². The Morgan fingerprint density at radius 2 is 1.29 bits per heavy atom. The highest BCUT2D eigenvalue weighted by Gasteiger charge is 2.29. The van der Waals surface area contributed by atoms with Crippen molar-refractivity contribution in [2.75, 3.05) is 26.3 Å². The number of ether oxygens (including phenoxy) is 2. The SMILES string of the molecule is C[C@@H]1CO[C@@H]([C@H]2CN[C@H](C)CO2)CN1. The molecule has 2 fully saturated rings. The maximum absolute atomic E-state index is 5.74. The third-order valence-corrected chi connectivity index (χ3v) is 2.87. The fourth-order valence-electron chi connectivity index (χ4n) is 1.88. The third kappa shape index (κ3) is 2.45. The monoisotopic (exact) mass is 200 g/mol. The van der Waals surface area contributed by atoms with Crippen molar-refractivity contribution in [3.63, 3.8) is 0 Å². The summed E-state index contributed by atoms with van der Waals surface area (Å²) in [5, 5.41) is 6.82. The van der Waals surface area contributed by atoms with Crippen molar-refractivity contribution < 1.29 is 9.47 Å². The average molecular weight is 200 g/mol. The lowest BCUT2D eigenvalue weighted by Crippen LogP contribution is -2.56. The molecule has 14 heavy (non-hydrogen) atoms. The van der Waals surface area contributed by atoms with Crippen LogP contribution in [0.25, 0.3) is 0 Å². The van der Waals surface area contributed by atoms with Crippen LogP contribution in [0.3, 0.4) is 0 Å². The molecule has 2 aliphatic heterocycles. The second-order valence-electron chi connectivity index (χ2n) is 4.36. The van der Waals surface area contributed by atoms with E-state index in [9.17, 15) is 0 Å². The molecule has 0 spiro atoms. The van der Waals surface area contributed by atoms with Gasteiger partial charge in [-0.2, -0.15) is 0 Å². The number of morpholine rings is 2. The Morgan fingerprint density at radius 1 is 0.857 bits per heavy atom. The second-order valence-corrected chi connectivity index (χ2v) is 4.36. The van der Waals surface area contributed by atoms with Gasteiger partial charge in [0.25, 0.3) is 0 Å². The van der Waals surface area contributed by atoms with Gasteiger partial charge in [-0.1, -0.05) is 0 Å². The van der Waals surface area contributed by atoms with E-state index in [0.29, 0.717) is 12.1 Å². The predicted octanol–water partition coefficient (Wildman–Crippen LogP) is -0.260. The van der Waals surface area contributed by atoms with Gasteiger partial charge in [0, 0.05) is 25.2 Å². The lowest BCUT2D eigenvalue weighted by Gasteiger charge is -2.37. The molecule has 2 aliphatic rings. The summed E-state index contributed by atoms with van der Waals surface area (Å²) in [6, 6.07) is 0.948. The van der Waals surface area contributed by atoms with Crippen molar-refractivity contribution >= 4 is 0 Å². The second kappa shape index (κ2) is 4.57. The summed E-state index contributed by atoms with van der Waals surface area (Å²) >= 11 is 0. The largest absolute Gasteiger partial charge is 0.373 e. The van der Waals surface area contributed by atoms with E-state index in [1.165, 1.54) is 0 Å². The summed E-state index contributed by atoms with van der Waals surface area (Å²) in [6.07, 6.45) is 0.428. The first-order valence-corrected chi connectivity index (χ1v) is 5.45. The van der Waals surface area contributed by atoms with Gasteiger partial charge >= 0.3 is 0 Å². The van der Waals surface area contributed by atoms with Gasteiger partial charge in [0.05, 0.1) is 25.4 Å². The zero-order valence-electron chi connectivity index (χ0n) is 8.95. The van der Waals surface area contributed by atoms with Gasteiger partial charge in [0.2, 0.25) is 0 Å². The molecule has 2 rings (SSSR count). The van der Waals surface area contributed by atoms with Crippen molar-refractivity contribution in [2.24, 2.45) is 0 Å². The van der Waals surface area contributed by atoms with Crippen molar-refractivity contribution in [3.8, 4) is 0 Å². The molecule has 0 amide bonds. The lowest BCUT2D eigenvalue weighted by atomic mass is 10.1. The maximum Gasteiger partial charge on any atom is 0.0974 e. The molecule has 82 valence electrons. The van der Waals surface area contributed by atoms with E-state index in [4.69, 9.17) is 9.47 Å². The van der Waals surface area contributed by atoms with Gasteiger partial charge in [-0.3, -0.25) is 0 Å². The zero-order valence-corrected chi connectivity index (χ0v) is 8.95. The van der Waals surface area contributed by atoms with Crippen LogP contribution in [-0.2, 0) is 9.47 Å². The minimum absolute atomic E-state index is 0.214. The van der Waals surface area contributed by atoms with Gasteiger partial charge in [0.15, 0.2) is 0 Å². The number of hydrogen-bond donors (Lipinski definition) is 2. The van der Waals surface area contributed by atoms with E-state index in [1.54, 1.807) is 0 Å². The van der Waals surface area contributed by atoms with Gasteiger partial charge in [-0.15, -0.1) is 0 Å². The quantitative estimate of drug-likeness (QED) is 0.612. The van der Waals surface area contributed by atoms with Crippen molar-refractivity contribution in [2.45, 2.75) is 38.1 Å². The molecule has 0 bridgehead atoms. The highest BCUT2D eigenvalue weighted by molar-refractivity contribution is 4.84. The Labute approximate surface area is 85.3 Å².